The minimum Gasteiger partial charge on any atom is -1.00 e. The van der Waals surface area contributed by atoms with Crippen LogP contribution in [0.1, 0.15) is 79.0 Å². The fraction of sp³-hybridized carbons (Fsp3) is 0.400. The van der Waals surface area contributed by atoms with Crippen LogP contribution < -0.4 is 24.0 Å². The molecule has 0 heterocycles. The molecule has 0 amide bonds. The lowest BCUT2D eigenvalue weighted by Gasteiger charge is -2.28. The van der Waals surface area contributed by atoms with Crippen molar-refractivity contribution < 1.29 is 24.0 Å². The third kappa shape index (κ3) is 5.80. The smallest absolute Gasteiger partial charge is 0.170 e. The molecule has 0 nitrogen and oxygen atoms in total. The van der Waals surface area contributed by atoms with Crippen LogP contribution in [0.3, 0.4) is 0 Å². The van der Waals surface area contributed by atoms with Crippen molar-refractivity contribution in [1.29, 1.82) is 0 Å². The summed E-state index contributed by atoms with van der Waals surface area (Å²) < 4.78 is 0. The van der Waals surface area contributed by atoms with Crippen LogP contribution >= 0.6 is 0 Å². The molecule has 0 aliphatic carbocycles. The van der Waals surface area contributed by atoms with Gasteiger partial charge in [0.1, 0.15) is 10.9 Å². The van der Waals surface area contributed by atoms with E-state index in [0.717, 1.165) is 0 Å². The fourth-order valence-electron chi connectivity index (χ4n) is 4.15. The summed E-state index contributed by atoms with van der Waals surface area (Å²) in [6, 6.07) is 27.3. The maximum atomic E-state index is 2.36. The summed E-state index contributed by atoms with van der Waals surface area (Å²) in [4.78, 5) is 4.34. The standard InChI is InChI=1S/C30H39S.HI/c1-28(2,3)22-16-10-13-19-25(22)31(26-20-14-11-17-23(26)29(4,5)6)27-21-15-12-18-24(27)30(7,8)9;/h10-21H,1-9H3;1H/q+1;/p-1. The molecule has 0 unspecified atom stereocenters. The van der Waals surface area contributed by atoms with Crippen LogP contribution in [0.2, 0.25) is 0 Å². The molecular formula is C30H39IS. The Labute approximate surface area is 216 Å². The Bertz CT molecular complexity index is 908. The van der Waals surface area contributed by atoms with Crippen molar-refractivity contribution in [3.05, 3.63) is 89.5 Å². The lowest BCUT2D eigenvalue weighted by molar-refractivity contribution is -0.00000766. The van der Waals surface area contributed by atoms with Gasteiger partial charge in [-0.05, 0) is 34.4 Å². The van der Waals surface area contributed by atoms with Gasteiger partial charge in [-0.3, -0.25) is 0 Å². The fourth-order valence-corrected chi connectivity index (χ4v) is 7.29. The minimum absolute atomic E-state index is 0. The summed E-state index contributed by atoms with van der Waals surface area (Å²) >= 11 is 0. The van der Waals surface area contributed by atoms with Crippen LogP contribution in [0.25, 0.3) is 0 Å². The zero-order valence-corrected chi connectivity index (χ0v) is 24.2. The molecule has 0 atom stereocenters. The number of benzene rings is 3. The van der Waals surface area contributed by atoms with Crippen LogP contribution in [0.5, 0.6) is 0 Å². The van der Waals surface area contributed by atoms with E-state index in [-0.39, 0.29) is 51.1 Å². The van der Waals surface area contributed by atoms with Gasteiger partial charge in [-0.25, -0.2) is 0 Å². The number of hydrogen-bond donors (Lipinski definition) is 0. The van der Waals surface area contributed by atoms with E-state index in [2.05, 4.69) is 135 Å². The highest BCUT2D eigenvalue weighted by molar-refractivity contribution is 7.97. The minimum atomic E-state index is -0.189. The molecule has 3 rings (SSSR count). The van der Waals surface area contributed by atoms with Gasteiger partial charge in [0.2, 0.25) is 0 Å². The van der Waals surface area contributed by atoms with Crippen molar-refractivity contribution in [2.75, 3.05) is 0 Å². The number of hydrogen-bond acceptors (Lipinski definition) is 0. The third-order valence-electron chi connectivity index (χ3n) is 5.74. The Hall–Kier alpha value is -1.26. The van der Waals surface area contributed by atoms with Crippen molar-refractivity contribution >= 4 is 10.9 Å². The molecule has 0 saturated heterocycles. The second-order valence-electron chi connectivity index (χ2n) is 11.5. The van der Waals surface area contributed by atoms with Crippen LogP contribution in [0.4, 0.5) is 0 Å². The first-order chi connectivity index (χ1) is 14.3. The summed E-state index contributed by atoms with van der Waals surface area (Å²) in [6.07, 6.45) is 0. The SMILES string of the molecule is CC(C)(C)c1ccccc1[S+](c1ccccc1C(C)(C)C)c1ccccc1C(C)(C)C.[I-]. The van der Waals surface area contributed by atoms with Crippen molar-refractivity contribution in [2.45, 2.75) is 93.2 Å². The van der Waals surface area contributed by atoms with Gasteiger partial charge in [-0.2, -0.15) is 0 Å². The zero-order valence-electron chi connectivity index (χ0n) is 21.2. The van der Waals surface area contributed by atoms with Gasteiger partial charge in [0.25, 0.3) is 0 Å². The Kier molecular flexibility index (Phi) is 8.37. The van der Waals surface area contributed by atoms with Gasteiger partial charge >= 0.3 is 0 Å². The summed E-state index contributed by atoms with van der Waals surface area (Å²) in [6.45, 7) is 21.0. The molecule has 0 saturated carbocycles. The first kappa shape index (κ1) is 27.0. The molecule has 0 aromatic heterocycles. The predicted octanol–water partition coefficient (Wildman–Crippen LogP) is 5.68. The molecule has 2 heteroatoms. The lowest BCUT2D eigenvalue weighted by Crippen LogP contribution is -3.00. The number of rotatable bonds is 3. The van der Waals surface area contributed by atoms with E-state index >= 15 is 0 Å². The second-order valence-corrected chi connectivity index (χ2v) is 13.5. The lowest BCUT2D eigenvalue weighted by atomic mass is 9.87. The first-order valence-corrected chi connectivity index (χ1v) is 12.6. The van der Waals surface area contributed by atoms with E-state index in [9.17, 15) is 0 Å². The molecule has 0 aliphatic heterocycles. The van der Waals surface area contributed by atoms with Crippen LogP contribution in [-0.4, -0.2) is 0 Å². The van der Waals surface area contributed by atoms with Crippen LogP contribution in [-0.2, 0) is 27.1 Å². The van der Waals surface area contributed by atoms with E-state index in [1.807, 2.05) is 0 Å². The molecule has 32 heavy (non-hydrogen) atoms. The molecule has 3 aromatic rings. The van der Waals surface area contributed by atoms with Gasteiger partial charge in [-0.1, -0.05) is 117 Å². The highest BCUT2D eigenvalue weighted by Gasteiger charge is 2.40. The topological polar surface area (TPSA) is 0 Å². The molecule has 0 spiro atoms. The molecule has 0 radical (unpaired) electrons. The maximum Gasteiger partial charge on any atom is 0.170 e. The van der Waals surface area contributed by atoms with Crippen molar-refractivity contribution in [3.63, 3.8) is 0 Å². The molecular weight excluding hydrogens is 519 g/mol. The maximum absolute atomic E-state index is 2.36. The molecule has 0 fully saturated rings. The first-order valence-electron chi connectivity index (χ1n) is 11.3. The van der Waals surface area contributed by atoms with E-state index < -0.39 is 0 Å². The van der Waals surface area contributed by atoms with Crippen molar-refractivity contribution in [1.82, 2.24) is 0 Å². The summed E-state index contributed by atoms with van der Waals surface area (Å²) in [7, 11) is -0.189. The molecule has 0 aliphatic rings. The average Bonchev–Trinajstić information content (AvgIpc) is 2.67. The van der Waals surface area contributed by atoms with Gasteiger partial charge in [-0.15, -0.1) is 0 Å². The van der Waals surface area contributed by atoms with Crippen LogP contribution in [0, 0.1) is 0 Å². The average molecular weight is 559 g/mol. The molecule has 0 N–H and O–H groups in total. The monoisotopic (exact) mass is 558 g/mol. The van der Waals surface area contributed by atoms with E-state index in [1.165, 1.54) is 31.4 Å². The van der Waals surface area contributed by atoms with Gasteiger partial charge in [0.15, 0.2) is 14.7 Å². The summed E-state index contributed by atoms with van der Waals surface area (Å²) in [5.41, 5.74) is 4.54. The van der Waals surface area contributed by atoms with Gasteiger partial charge in [0.05, 0.1) is 0 Å². The van der Waals surface area contributed by atoms with Gasteiger partial charge < -0.3 is 24.0 Å². The normalized spacial score (nSPS) is 12.6. The zero-order chi connectivity index (χ0) is 23.0. The molecule has 0 bridgehead atoms. The van der Waals surface area contributed by atoms with Crippen molar-refractivity contribution in [2.24, 2.45) is 0 Å². The quantitative estimate of drug-likeness (QED) is 0.287. The predicted molar refractivity (Wildman–Crippen MR) is 138 cm³/mol. The summed E-state index contributed by atoms with van der Waals surface area (Å²) in [5, 5.41) is 0. The Morgan fingerprint density at radius 2 is 0.625 bits per heavy atom. The third-order valence-corrected chi connectivity index (χ3v) is 8.13. The second kappa shape index (κ2) is 9.93. The Morgan fingerprint density at radius 3 is 0.844 bits per heavy atom. The van der Waals surface area contributed by atoms with Crippen molar-refractivity contribution in [3.8, 4) is 0 Å². The van der Waals surface area contributed by atoms with Gasteiger partial charge in [0, 0.05) is 16.7 Å². The van der Waals surface area contributed by atoms with E-state index in [4.69, 9.17) is 0 Å². The van der Waals surface area contributed by atoms with E-state index in [1.54, 1.807) is 0 Å². The Balaban J connectivity index is 0.00000363. The largest absolute Gasteiger partial charge is 1.00 e. The van der Waals surface area contributed by atoms with E-state index in [0.29, 0.717) is 0 Å². The highest BCUT2D eigenvalue weighted by Crippen LogP contribution is 2.44. The Morgan fingerprint density at radius 1 is 0.406 bits per heavy atom. The number of halogens is 1. The molecule has 172 valence electrons. The summed E-state index contributed by atoms with van der Waals surface area (Å²) in [5.74, 6) is 0. The van der Waals surface area contributed by atoms with Crippen LogP contribution in [0.15, 0.2) is 87.5 Å². The molecule has 3 aromatic carbocycles. The highest BCUT2D eigenvalue weighted by atomic mass is 127.